The van der Waals surface area contributed by atoms with Crippen molar-refractivity contribution in [1.82, 2.24) is 40.6 Å². The second-order valence-corrected chi connectivity index (χ2v) is 21.8. The third-order valence-electron chi connectivity index (χ3n) is 14.1. The largest absolute Gasteiger partial charge is 0.491 e. The summed E-state index contributed by atoms with van der Waals surface area (Å²) in [5.74, 6) is 1.36. The highest BCUT2D eigenvalue weighted by atomic mass is 35.5. The molecule has 1 saturated carbocycles. The van der Waals surface area contributed by atoms with Crippen LogP contribution in [0.15, 0.2) is 58.9 Å². The molecule has 408 valence electrons. The minimum Gasteiger partial charge on any atom is -0.491 e. The lowest BCUT2D eigenvalue weighted by Gasteiger charge is -2.35. The van der Waals surface area contributed by atoms with Gasteiger partial charge in [-0.05, 0) is 96.2 Å². The van der Waals surface area contributed by atoms with Gasteiger partial charge in [-0.1, -0.05) is 55.1 Å². The fraction of sp³-hybridized carbons (Fsp3) is 0.527. The average Bonchev–Trinajstić information content (AvgIpc) is 4.27. The monoisotopic (exact) mass is 1100 g/mol. The van der Waals surface area contributed by atoms with Crippen molar-refractivity contribution in [1.29, 1.82) is 0 Å². The molecule has 3 N–H and O–H groups in total. The van der Waals surface area contributed by atoms with Crippen LogP contribution in [0.2, 0.25) is 5.02 Å². The Hall–Kier alpha value is -5.45. The Kier molecular flexibility index (Phi) is 20.7. The summed E-state index contributed by atoms with van der Waals surface area (Å²) in [6.07, 6.45) is 6.73. The topological polar surface area (TPSA) is 210 Å². The van der Waals surface area contributed by atoms with Crippen molar-refractivity contribution in [3.05, 3.63) is 108 Å². The highest BCUT2D eigenvalue weighted by Crippen LogP contribution is 2.40. The summed E-state index contributed by atoms with van der Waals surface area (Å²) in [7, 11) is 1.73. The first-order valence-electron chi connectivity index (χ1n) is 26.4. The summed E-state index contributed by atoms with van der Waals surface area (Å²) in [5, 5.41) is 22.0. The molecule has 2 aliphatic heterocycles. The van der Waals surface area contributed by atoms with E-state index in [1.165, 1.54) is 16.2 Å². The Labute approximate surface area is 457 Å². The standard InChI is InChI=1S/C55H70ClN9O9S2/c1-34-36(3)76-55-47(34)48(39-16-18-41(56)19-17-39)59-43(51-63-62-37(4)65(51)55)32-46(66)58-20-22-70-23-24-71-25-26-72-27-28-73-29-30-74-42-14-9-13-40(31-42)50(67)44-33-75-53(60-44)45-15-10-21-64(45)54(69)49(38-11-7-6-8-12-38)61-52(68)35(2)57-5/h9,13-14,16-19,31,33,35,38,43,45,49,57H,6-8,10-12,15,20-30,32H2,1-5H3,(H,58,66)(H,61,68)/t35-,43-,45-,49-/m0/s1. The van der Waals surface area contributed by atoms with E-state index in [4.69, 9.17) is 45.3 Å². The van der Waals surface area contributed by atoms with Gasteiger partial charge in [0, 0.05) is 45.1 Å². The molecule has 0 unspecified atom stereocenters. The number of likely N-dealkylation sites (N-methyl/N-ethyl adjacent to an activating group) is 1. The van der Waals surface area contributed by atoms with Gasteiger partial charge in [-0.15, -0.1) is 32.9 Å². The predicted molar refractivity (Wildman–Crippen MR) is 292 cm³/mol. The molecule has 1 aliphatic carbocycles. The summed E-state index contributed by atoms with van der Waals surface area (Å²) in [6, 6.07) is 12.8. The normalized spacial score (nSPS) is 17.3. The molecule has 5 heterocycles. The van der Waals surface area contributed by atoms with Crippen LogP contribution in [0.4, 0.5) is 0 Å². The maximum Gasteiger partial charge on any atom is 0.246 e. The number of carbonyl (C=O) groups excluding carboxylic acids is 4. The molecule has 0 spiro atoms. The first-order chi connectivity index (χ1) is 36.9. The van der Waals surface area contributed by atoms with E-state index in [-0.39, 0.29) is 48.5 Å². The minimum atomic E-state index is -0.585. The van der Waals surface area contributed by atoms with Crippen molar-refractivity contribution in [3.8, 4) is 10.8 Å². The zero-order chi connectivity index (χ0) is 53.6. The van der Waals surface area contributed by atoms with E-state index in [2.05, 4.69) is 40.0 Å². The van der Waals surface area contributed by atoms with E-state index in [0.29, 0.717) is 93.8 Å². The summed E-state index contributed by atoms with van der Waals surface area (Å²) in [5.41, 5.74) is 4.63. The van der Waals surface area contributed by atoms with Crippen LogP contribution in [0.1, 0.15) is 125 Å². The van der Waals surface area contributed by atoms with E-state index in [0.717, 1.165) is 83.2 Å². The van der Waals surface area contributed by atoms with E-state index in [9.17, 15) is 19.2 Å². The van der Waals surface area contributed by atoms with Crippen molar-refractivity contribution in [2.75, 3.05) is 79.6 Å². The number of fused-ring (bicyclic) bond motifs is 3. The molecule has 76 heavy (non-hydrogen) atoms. The van der Waals surface area contributed by atoms with E-state index in [1.54, 1.807) is 55.0 Å². The fourth-order valence-electron chi connectivity index (χ4n) is 9.77. The highest BCUT2D eigenvalue weighted by molar-refractivity contribution is 7.15. The number of ketones is 1. The molecule has 3 aromatic heterocycles. The SMILES string of the molecule is CN[C@@H](C)C(=O)N[C@H](C(=O)N1CCC[C@H]1c1nc(C(=O)c2cccc(OCCOCCOCCOCCOCCNC(=O)C[C@@H]3N=C(c4ccc(Cl)cc4)c4c(sc(C)c4C)-n4c(C)nnc43)c2)cs1)C1CCCCC1. The molecule has 3 amide bonds. The van der Waals surface area contributed by atoms with Crippen LogP contribution in [-0.4, -0.2) is 146 Å². The third-order valence-corrected chi connectivity index (χ3v) is 16.5. The first-order valence-corrected chi connectivity index (χ1v) is 28.4. The molecule has 2 fully saturated rings. The van der Waals surface area contributed by atoms with Crippen molar-refractivity contribution in [3.63, 3.8) is 0 Å². The molecule has 4 atom stereocenters. The molecular formula is C55H70ClN9O9S2. The average molecular weight is 1100 g/mol. The highest BCUT2D eigenvalue weighted by Gasteiger charge is 2.40. The molecule has 5 aromatic rings. The fourth-order valence-corrected chi connectivity index (χ4v) is 12.1. The Bertz CT molecular complexity index is 2790. The van der Waals surface area contributed by atoms with Gasteiger partial charge in [-0.25, -0.2) is 4.98 Å². The van der Waals surface area contributed by atoms with Crippen molar-refractivity contribution < 1.29 is 42.9 Å². The van der Waals surface area contributed by atoms with Crippen molar-refractivity contribution in [2.45, 2.75) is 103 Å². The van der Waals surface area contributed by atoms with Gasteiger partial charge in [0.05, 0.1) is 77.1 Å². The molecule has 8 rings (SSSR count). The number of aromatic nitrogens is 4. The first kappa shape index (κ1) is 56.7. The molecule has 1 saturated heterocycles. The Morgan fingerprint density at radius 2 is 1.54 bits per heavy atom. The summed E-state index contributed by atoms with van der Waals surface area (Å²) >= 11 is 9.29. The predicted octanol–water partition coefficient (Wildman–Crippen LogP) is 7.48. The lowest BCUT2D eigenvalue weighted by Crippen LogP contribution is -2.55. The van der Waals surface area contributed by atoms with Gasteiger partial charge >= 0.3 is 0 Å². The van der Waals surface area contributed by atoms with Crippen LogP contribution in [0.5, 0.6) is 5.75 Å². The number of nitrogens with one attached hydrogen (secondary N) is 3. The van der Waals surface area contributed by atoms with Crippen LogP contribution < -0.4 is 20.7 Å². The smallest absolute Gasteiger partial charge is 0.246 e. The molecule has 21 heteroatoms. The number of thiazole rings is 1. The number of hydrogen-bond donors (Lipinski definition) is 3. The van der Waals surface area contributed by atoms with E-state index >= 15 is 0 Å². The second-order valence-electron chi connectivity index (χ2n) is 19.3. The summed E-state index contributed by atoms with van der Waals surface area (Å²) < 4.78 is 30.6. The van der Waals surface area contributed by atoms with Gasteiger partial charge in [-0.3, -0.25) is 28.7 Å². The lowest BCUT2D eigenvalue weighted by atomic mass is 9.83. The number of hydrogen-bond acceptors (Lipinski definition) is 16. The number of aryl methyl sites for hydroxylation is 2. The van der Waals surface area contributed by atoms with E-state index in [1.807, 2.05) is 40.7 Å². The molecule has 0 radical (unpaired) electrons. The van der Waals surface area contributed by atoms with Gasteiger partial charge in [0.25, 0.3) is 0 Å². The number of aliphatic imine (C=N–C) groups is 1. The number of likely N-dealkylation sites (tertiary alicyclic amines) is 1. The molecule has 18 nitrogen and oxygen atoms in total. The third kappa shape index (κ3) is 14.4. The van der Waals surface area contributed by atoms with Crippen LogP contribution >= 0.6 is 34.3 Å². The number of ether oxygens (including phenoxy) is 5. The number of amides is 3. The van der Waals surface area contributed by atoms with Gasteiger partial charge in [-0.2, -0.15) is 0 Å². The van der Waals surface area contributed by atoms with E-state index < -0.39 is 18.1 Å². The summed E-state index contributed by atoms with van der Waals surface area (Å²) in [4.78, 5) is 67.1. The minimum absolute atomic E-state index is 0.0623. The zero-order valence-corrected chi connectivity index (χ0v) is 46.5. The number of nitrogens with zero attached hydrogens (tertiary/aromatic N) is 6. The summed E-state index contributed by atoms with van der Waals surface area (Å²) in [6.45, 7) is 12.1. The Balaban J connectivity index is 0.679. The maximum atomic E-state index is 14.2. The zero-order valence-electron chi connectivity index (χ0n) is 44.1. The molecule has 0 bridgehead atoms. The van der Waals surface area contributed by atoms with Crippen molar-refractivity contribution >= 4 is 63.5 Å². The number of thiophene rings is 1. The van der Waals surface area contributed by atoms with Gasteiger partial charge in [0.1, 0.15) is 46.0 Å². The Morgan fingerprint density at radius 3 is 2.25 bits per heavy atom. The van der Waals surface area contributed by atoms with Gasteiger partial charge in [0.15, 0.2) is 5.82 Å². The number of rotatable bonds is 27. The number of carbonyl (C=O) groups is 4. The van der Waals surface area contributed by atoms with Crippen LogP contribution in [0, 0.1) is 26.7 Å². The quantitative estimate of drug-likeness (QED) is 0.0345. The van der Waals surface area contributed by atoms with Crippen molar-refractivity contribution in [2.24, 2.45) is 10.9 Å². The van der Waals surface area contributed by atoms with Crippen LogP contribution in [0.3, 0.4) is 0 Å². The Morgan fingerprint density at radius 1 is 0.842 bits per heavy atom. The number of halogens is 1. The second kappa shape index (κ2) is 27.7. The van der Waals surface area contributed by atoms with Gasteiger partial charge < -0.3 is 44.5 Å². The van der Waals surface area contributed by atoms with Gasteiger partial charge in [0.2, 0.25) is 23.5 Å². The number of benzene rings is 2. The lowest BCUT2D eigenvalue weighted by molar-refractivity contribution is -0.139. The van der Waals surface area contributed by atoms with Crippen LogP contribution in [0.25, 0.3) is 5.00 Å². The van der Waals surface area contributed by atoms with Crippen LogP contribution in [-0.2, 0) is 33.3 Å². The molecule has 3 aliphatic rings. The molecule has 2 aromatic carbocycles. The maximum absolute atomic E-state index is 14.2. The molecular weight excluding hydrogens is 1030 g/mol.